The van der Waals surface area contributed by atoms with Gasteiger partial charge in [-0.3, -0.25) is 22.9 Å². The summed E-state index contributed by atoms with van der Waals surface area (Å²) in [4.78, 5) is 72.2. The van der Waals surface area contributed by atoms with Crippen LogP contribution in [-0.4, -0.2) is 108 Å². The van der Waals surface area contributed by atoms with E-state index in [0.29, 0.717) is 12.8 Å². The van der Waals surface area contributed by atoms with Gasteiger partial charge in [-0.1, -0.05) is 84.0 Å². The Kier molecular flexibility index (Phi) is 30.0. The second kappa shape index (κ2) is 31.7. The van der Waals surface area contributed by atoms with Crippen LogP contribution in [0, 0.1) is 71.5 Å². The van der Waals surface area contributed by atoms with Crippen molar-refractivity contribution in [2.24, 2.45) is 0 Å². The molecule has 1 aliphatic rings. The molecule has 0 radical (unpaired) electrons. The summed E-state index contributed by atoms with van der Waals surface area (Å²) in [7, 11) is -16.7. The van der Waals surface area contributed by atoms with Crippen LogP contribution in [0.5, 0.6) is 0 Å². The van der Waals surface area contributed by atoms with E-state index < -0.39 is 91.3 Å². The Morgan fingerprint density at radius 1 is 0.607 bits per heavy atom. The molecule has 0 spiro atoms. The van der Waals surface area contributed by atoms with E-state index in [-0.39, 0.29) is 35.6 Å². The van der Waals surface area contributed by atoms with E-state index in [2.05, 4.69) is 75.2 Å². The summed E-state index contributed by atoms with van der Waals surface area (Å²) in [5, 5.41) is 31.6. The van der Waals surface area contributed by atoms with Crippen LogP contribution < -0.4 is 0 Å². The Hall–Kier alpha value is -3.14. The van der Waals surface area contributed by atoms with Crippen molar-refractivity contribution < 1.29 is 106 Å². The fraction of sp³-hybridized carbons (Fsp3) is 0.632. The molecule has 8 N–H and O–H groups in total. The molecule has 1 aliphatic carbocycles. The average Bonchev–Trinajstić information content (AvgIpc) is 3.16. The smallest absolute Gasteiger partial charge is 0.456 e. The highest BCUT2D eigenvalue weighted by Crippen LogP contribution is 2.51. The number of unbranched alkanes of at least 4 members (excludes halogenated alkanes) is 12. The third-order valence-electron chi connectivity index (χ3n) is 8.14. The maximum atomic E-state index is 13.0. The fourth-order valence-corrected chi connectivity index (χ4v) is 7.50. The second-order valence-corrected chi connectivity index (χ2v) is 16.8. The summed E-state index contributed by atoms with van der Waals surface area (Å²) < 4.78 is 64.4. The van der Waals surface area contributed by atoms with Crippen molar-refractivity contribution in [3.63, 3.8) is 0 Å². The van der Waals surface area contributed by atoms with E-state index in [1.807, 2.05) is 5.92 Å². The number of rotatable bonds is 26. The number of hydrogen-bond donors (Lipinski definition) is 8. The van der Waals surface area contributed by atoms with Gasteiger partial charge in [-0.25, -0.2) is 18.5 Å². The molecule has 0 aliphatic heterocycles. The number of hydrogen-bond acceptors (Lipinski definition) is 14. The molecule has 61 heavy (non-hydrogen) atoms. The second-order valence-electron chi connectivity index (χ2n) is 13.0. The molecule has 19 nitrogen and oxygen atoms in total. The molecule has 0 aromatic carbocycles. The lowest BCUT2D eigenvalue weighted by molar-refractivity contribution is -0.213. The Morgan fingerprint density at radius 3 is 1.51 bits per heavy atom. The first-order valence-electron chi connectivity index (χ1n) is 18.8. The summed E-state index contributed by atoms with van der Waals surface area (Å²) in [6.07, 6.45) is 1.93. The van der Waals surface area contributed by atoms with E-state index in [1.54, 1.807) is 0 Å². The first-order valence-corrected chi connectivity index (χ1v) is 23.4. The number of carbonyl (C=O) groups excluding carboxylic acids is 2. The highest BCUT2D eigenvalue weighted by Gasteiger charge is 2.56. The molecule has 23 heteroatoms. The van der Waals surface area contributed by atoms with E-state index in [1.165, 1.54) is 44.9 Å². The summed E-state index contributed by atoms with van der Waals surface area (Å²) in [6, 6.07) is 0. The first kappa shape index (κ1) is 57.9. The predicted molar refractivity (Wildman–Crippen MR) is 245 cm³/mol. The molecule has 0 aromatic rings. The van der Waals surface area contributed by atoms with Crippen LogP contribution in [0.3, 0.4) is 0 Å². The predicted octanol–water partition coefficient (Wildman–Crippen LogP) is 4.95. The number of ether oxygens (including phenoxy) is 2. The Balaban J connectivity index is -0.000000300. The zero-order valence-electron chi connectivity index (χ0n) is 33.3. The molecule has 0 bridgehead atoms. The number of aliphatic hydroxyl groups is 3. The topological polar surface area (TPSA) is 303 Å². The van der Waals surface area contributed by atoms with Gasteiger partial charge in [0.05, 0.1) is 6.61 Å². The molecular formula is C38H75O19P3S. The van der Waals surface area contributed by atoms with E-state index in [0.717, 1.165) is 25.7 Å². The zero-order chi connectivity index (χ0) is 45.0. The van der Waals surface area contributed by atoms with Crippen LogP contribution in [0.2, 0.25) is 0 Å². The van der Waals surface area contributed by atoms with E-state index in [9.17, 15) is 63.1 Å². The van der Waals surface area contributed by atoms with Gasteiger partial charge >= 0.3 is 35.4 Å². The van der Waals surface area contributed by atoms with Crippen molar-refractivity contribution >= 4 is 48.9 Å². The lowest BCUT2D eigenvalue weighted by Gasteiger charge is -2.44. The maximum Gasteiger partial charge on any atom is 0.472 e. The SMILES string of the molecule is C#CC#CC#CC#CC#CC#CC(=O)OC[C@H](COP(=O)(O)OC1C(O)[C@@H](OP(=O)(O)O)C(OP(=O)(O)O)[C@@H](O)[C@H]1O)OC(=O)CCCCCCCCCCCCCCC.S.[HH].[HH].[HH].[HH].[HH].[HH].[HH].[HH].[HH].[HH].[HH]. The van der Waals surface area contributed by atoms with Crippen molar-refractivity contribution in [2.45, 2.75) is 140 Å². The number of carbonyl (C=O) groups is 2. The van der Waals surface area contributed by atoms with Crippen LogP contribution in [0.4, 0.5) is 0 Å². The molecule has 0 saturated heterocycles. The fourth-order valence-electron chi connectivity index (χ4n) is 5.40. The van der Waals surface area contributed by atoms with Crippen molar-refractivity contribution in [2.75, 3.05) is 13.2 Å². The molecule has 8 atom stereocenters. The maximum absolute atomic E-state index is 13.0. The van der Waals surface area contributed by atoms with Gasteiger partial charge in [0.2, 0.25) is 0 Å². The highest BCUT2D eigenvalue weighted by atomic mass is 32.1. The van der Waals surface area contributed by atoms with Crippen molar-refractivity contribution in [3.8, 4) is 71.5 Å². The third kappa shape index (κ3) is 28.2. The van der Waals surface area contributed by atoms with Gasteiger partial charge in [0.15, 0.2) is 6.10 Å². The molecule has 0 heterocycles. The normalized spacial score (nSPS) is 20.8. The summed E-state index contributed by atoms with van der Waals surface area (Å²) in [5.41, 5.74) is 0. The number of esters is 2. The van der Waals surface area contributed by atoms with Crippen LogP contribution in [0.15, 0.2) is 0 Å². The largest absolute Gasteiger partial charge is 0.472 e. The van der Waals surface area contributed by atoms with Crippen LogP contribution >= 0.6 is 37.0 Å². The van der Waals surface area contributed by atoms with Gasteiger partial charge in [0.25, 0.3) is 0 Å². The summed E-state index contributed by atoms with van der Waals surface area (Å²) >= 11 is 0. The van der Waals surface area contributed by atoms with Crippen molar-refractivity contribution in [3.05, 3.63) is 0 Å². The van der Waals surface area contributed by atoms with Gasteiger partial charge in [-0.2, -0.15) is 13.5 Å². The summed E-state index contributed by atoms with van der Waals surface area (Å²) in [5.74, 6) is 22.8. The average molecular weight is 961 g/mol. The molecule has 1 saturated carbocycles. The van der Waals surface area contributed by atoms with Gasteiger partial charge in [-0.05, 0) is 65.6 Å². The van der Waals surface area contributed by atoms with Crippen molar-refractivity contribution in [1.82, 2.24) is 0 Å². The molecule has 362 valence electrons. The molecule has 0 aromatic heterocycles. The standard InChI is InChI=1S/C38H51O19P3.H2S.11H2/c1-3-5-7-9-11-13-15-16-17-19-21-23-25-27-32(40)54-30(28-52-31(39)26-24-22-20-18-14-12-10-8-6-4-2)29-53-60(50,51)57-36-33(41)34(42)37(55-58(44,45)46)38(35(36)43)56-59(47,48)49;;;;;;;;;;;;/h2,30,33-38,41-43H,3,5,7,9,11,13,15-17,19,21,23,25,27-29H2,1H3,(H,50,51)(H2,44,45,46)(H2,47,48,49);1H2;11*1H/t30-,33-,34+,35?,36?,37?,38-;;;;;;;;;;;;/m1............/s1. The summed E-state index contributed by atoms with van der Waals surface area (Å²) in [6.45, 7) is 0.365. The van der Waals surface area contributed by atoms with E-state index in [4.69, 9.17) is 24.9 Å². The Labute approximate surface area is 379 Å². The first-order chi connectivity index (χ1) is 28.3. The number of phosphoric acid groups is 3. The molecule has 1 rings (SSSR count). The molecule has 0 amide bonds. The van der Waals surface area contributed by atoms with Crippen LogP contribution in [0.1, 0.15) is 113 Å². The minimum Gasteiger partial charge on any atom is -0.456 e. The van der Waals surface area contributed by atoms with Gasteiger partial charge < -0.3 is 49.3 Å². The monoisotopic (exact) mass is 960 g/mol. The Morgan fingerprint density at radius 2 is 1.03 bits per heavy atom. The van der Waals surface area contributed by atoms with Crippen molar-refractivity contribution in [1.29, 1.82) is 0 Å². The molecular weight excluding hydrogens is 885 g/mol. The van der Waals surface area contributed by atoms with Gasteiger partial charge in [0.1, 0.15) is 43.2 Å². The number of terminal acetylenes is 1. The van der Waals surface area contributed by atoms with Crippen LogP contribution in [-0.2, 0) is 50.9 Å². The van der Waals surface area contributed by atoms with Crippen LogP contribution in [0.25, 0.3) is 0 Å². The Bertz CT molecular complexity index is 1930. The lowest BCUT2D eigenvalue weighted by atomic mass is 9.85. The number of aliphatic hydroxyl groups excluding tert-OH is 3. The quantitative estimate of drug-likeness (QED) is 0.0187. The van der Waals surface area contributed by atoms with Gasteiger partial charge in [-0.15, -0.1) is 6.42 Å². The third-order valence-corrected chi connectivity index (χ3v) is 10.2. The molecule has 1 fully saturated rings. The molecule has 4 unspecified atom stereocenters. The van der Waals surface area contributed by atoms with Gasteiger partial charge in [0, 0.05) is 28.0 Å². The lowest BCUT2D eigenvalue weighted by Crippen LogP contribution is -2.65. The number of phosphoric ester groups is 3. The highest BCUT2D eigenvalue weighted by molar-refractivity contribution is 7.59. The minimum atomic E-state index is -5.63. The zero-order valence-corrected chi connectivity index (χ0v) is 37.0. The van der Waals surface area contributed by atoms with E-state index >= 15 is 0 Å². The minimum absolute atomic E-state index is 0.